The molecule has 0 aliphatic rings. The van der Waals surface area contributed by atoms with Gasteiger partial charge in [-0.05, 0) is 28.5 Å². The van der Waals surface area contributed by atoms with Crippen LogP contribution in [0.1, 0.15) is 16.5 Å². The number of thiophene rings is 1. The topological polar surface area (TPSA) is 38.9 Å². The van der Waals surface area contributed by atoms with Crippen LogP contribution in [0.3, 0.4) is 0 Å². The average Bonchev–Trinajstić information content (AvgIpc) is 2.91. The van der Waals surface area contributed by atoms with E-state index in [1.165, 1.54) is 10.3 Å². The molecule has 2 aromatic heterocycles. The van der Waals surface area contributed by atoms with Crippen molar-refractivity contribution >= 4 is 22.1 Å². The van der Waals surface area contributed by atoms with Gasteiger partial charge in [0.2, 0.25) is 0 Å². The summed E-state index contributed by atoms with van der Waals surface area (Å²) in [5.74, 6) is 0. The van der Waals surface area contributed by atoms with E-state index in [4.69, 9.17) is 5.73 Å². The van der Waals surface area contributed by atoms with Gasteiger partial charge >= 0.3 is 0 Å². The van der Waals surface area contributed by atoms with Crippen molar-refractivity contribution in [1.82, 2.24) is 4.98 Å². The van der Waals surface area contributed by atoms with Crippen LogP contribution in [-0.4, -0.2) is 4.98 Å². The number of hydrogen-bond acceptors (Lipinski definition) is 3. The lowest BCUT2D eigenvalue weighted by Crippen LogP contribution is -2.10. The minimum atomic E-state index is -0.0545. The average molecular weight is 240 g/mol. The molecule has 3 aromatic rings. The van der Waals surface area contributed by atoms with Crippen molar-refractivity contribution in [2.75, 3.05) is 0 Å². The third-order valence-corrected chi connectivity index (χ3v) is 3.85. The van der Waals surface area contributed by atoms with Crippen molar-refractivity contribution < 1.29 is 0 Å². The Morgan fingerprint density at radius 3 is 2.88 bits per heavy atom. The fourth-order valence-corrected chi connectivity index (χ4v) is 2.79. The molecule has 0 bridgehead atoms. The van der Waals surface area contributed by atoms with Gasteiger partial charge in [-0.1, -0.05) is 24.3 Å². The molecule has 2 nitrogen and oxygen atoms in total. The van der Waals surface area contributed by atoms with E-state index < -0.39 is 0 Å². The molecule has 0 amide bonds. The molecule has 0 saturated heterocycles. The summed E-state index contributed by atoms with van der Waals surface area (Å²) < 4.78 is 0. The molecule has 0 fully saturated rings. The lowest BCUT2D eigenvalue weighted by molar-refractivity contribution is 0.903. The van der Waals surface area contributed by atoms with Crippen molar-refractivity contribution in [2.24, 2.45) is 5.73 Å². The standard InChI is InChI=1S/C14H12N2S/c15-14(13-5-2-8-17-13)12-4-1-3-10-9-16-7-6-11(10)12/h1-9,14H,15H2. The Hall–Kier alpha value is -1.71. The summed E-state index contributed by atoms with van der Waals surface area (Å²) in [4.78, 5) is 5.33. The van der Waals surface area contributed by atoms with Gasteiger partial charge < -0.3 is 5.73 Å². The highest BCUT2D eigenvalue weighted by molar-refractivity contribution is 7.10. The Bertz CT molecular complexity index is 626. The van der Waals surface area contributed by atoms with Crippen molar-refractivity contribution in [2.45, 2.75) is 6.04 Å². The van der Waals surface area contributed by atoms with E-state index in [-0.39, 0.29) is 6.04 Å². The largest absolute Gasteiger partial charge is 0.320 e. The molecule has 1 aromatic carbocycles. The maximum atomic E-state index is 6.32. The SMILES string of the molecule is NC(c1cccs1)c1cccc2cnccc12. The van der Waals surface area contributed by atoms with Crippen LogP contribution in [0.5, 0.6) is 0 Å². The molecule has 1 atom stereocenters. The molecular weight excluding hydrogens is 228 g/mol. The first-order valence-electron chi connectivity index (χ1n) is 5.48. The molecule has 2 heterocycles. The zero-order valence-electron chi connectivity index (χ0n) is 9.21. The van der Waals surface area contributed by atoms with Gasteiger partial charge in [-0.2, -0.15) is 0 Å². The summed E-state index contributed by atoms with van der Waals surface area (Å²) >= 11 is 1.69. The molecule has 3 heteroatoms. The highest BCUT2D eigenvalue weighted by Gasteiger charge is 2.12. The Kier molecular flexibility index (Phi) is 2.63. The van der Waals surface area contributed by atoms with Crippen LogP contribution in [0.25, 0.3) is 10.8 Å². The minimum absolute atomic E-state index is 0.0545. The second-order valence-electron chi connectivity index (χ2n) is 3.94. The lowest BCUT2D eigenvalue weighted by atomic mass is 10.00. The van der Waals surface area contributed by atoms with Gasteiger partial charge in [-0.25, -0.2) is 0 Å². The van der Waals surface area contributed by atoms with Gasteiger partial charge in [0.15, 0.2) is 0 Å². The number of nitrogens with zero attached hydrogens (tertiary/aromatic N) is 1. The summed E-state index contributed by atoms with van der Waals surface area (Å²) in [5, 5.41) is 4.38. The van der Waals surface area contributed by atoms with E-state index in [0.29, 0.717) is 0 Å². The van der Waals surface area contributed by atoms with Gasteiger partial charge in [0.25, 0.3) is 0 Å². The minimum Gasteiger partial charge on any atom is -0.320 e. The summed E-state index contributed by atoms with van der Waals surface area (Å²) in [6.07, 6.45) is 3.69. The predicted octanol–water partition coefficient (Wildman–Crippen LogP) is 3.34. The fraction of sp³-hybridized carbons (Fsp3) is 0.0714. The number of pyridine rings is 1. The maximum Gasteiger partial charge on any atom is 0.0652 e. The Balaban J connectivity index is 2.17. The van der Waals surface area contributed by atoms with Crippen LogP contribution in [0.15, 0.2) is 54.2 Å². The Labute approximate surface area is 104 Å². The smallest absolute Gasteiger partial charge is 0.0652 e. The zero-order chi connectivity index (χ0) is 11.7. The van der Waals surface area contributed by atoms with E-state index in [1.54, 1.807) is 11.3 Å². The predicted molar refractivity (Wildman–Crippen MR) is 72.1 cm³/mol. The van der Waals surface area contributed by atoms with Crippen LogP contribution in [-0.2, 0) is 0 Å². The normalized spacial score (nSPS) is 12.8. The van der Waals surface area contributed by atoms with Crippen LogP contribution in [0.2, 0.25) is 0 Å². The van der Waals surface area contributed by atoms with E-state index in [1.807, 2.05) is 30.6 Å². The zero-order valence-corrected chi connectivity index (χ0v) is 10.0. The van der Waals surface area contributed by atoms with Gasteiger partial charge in [0, 0.05) is 22.7 Å². The van der Waals surface area contributed by atoms with Gasteiger partial charge in [0.1, 0.15) is 0 Å². The molecule has 17 heavy (non-hydrogen) atoms. The molecule has 3 rings (SSSR count). The monoisotopic (exact) mass is 240 g/mol. The molecule has 1 unspecified atom stereocenters. The molecule has 0 saturated carbocycles. The number of benzene rings is 1. The maximum absolute atomic E-state index is 6.32. The van der Waals surface area contributed by atoms with Gasteiger partial charge in [-0.15, -0.1) is 11.3 Å². The molecule has 0 aliphatic carbocycles. The first-order valence-corrected chi connectivity index (χ1v) is 6.36. The van der Waals surface area contributed by atoms with Crippen molar-refractivity contribution in [3.8, 4) is 0 Å². The van der Waals surface area contributed by atoms with E-state index in [9.17, 15) is 0 Å². The van der Waals surface area contributed by atoms with E-state index >= 15 is 0 Å². The third kappa shape index (κ3) is 1.84. The van der Waals surface area contributed by atoms with Crippen molar-refractivity contribution in [3.63, 3.8) is 0 Å². The van der Waals surface area contributed by atoms with Crippen LogP contribution >= 0.6 is 11.3 Å². The quantitative estimate of drug-likeness (QED) is 0.746. The van der Waals surface area contributed by atoms with Gasteiger partial charge in [0.05, 0.1) is 6.04 Å². The number of hydrogen-bond donors (Lipinski definition) is 1. The number of rotatable bonds is 2. The first-order chi connectivity index (χ1) is 8.36. The highest BCUT2D eigenvalue weighted by atomic mass is 32.1. The highest BCUT2D eigenvalue weighted by Crippen LogP contribution is 2.28. The first kappa shape index (κ1) is 10.4. The van der Waals surface area contributed by atoms with Crippen LogP contribution < -0.4 is 5.73 Å². The summed E-state index contributed by atoms with van der Waals surface area (Å²) in [5.41, 5.74) is 7.48. The second-order valence-corrected chi connectivity index (χ2v) is 4.92. The van der Waals surface area contributed by atoms with Crippen LogP contribution in [0.4, 0.5) is 0 Å². The van der Waals surface area contributed by atoms with E-state index in [2.05, 4.69) is 28.6 Å². The lowest BCUT2D eigenvalue weighted by Gasteiger charge is -2.12. The molecule has 0 radical (unpaired) electrons. The molecule has 84 valence electrons. The fourth-order valence-electron chi connectivity index (χ4n) is 2.04. The van der Waals surface area contributed by atoms with Crippen molar-refractivity contribution in [3.05, 3.63) is 64.6 Å². The second kappa shape index (κ2) is 4.28. The van der Waals surface area contributed by atoms with Crippen molar-refractivity contribution in [1.29, 1.82) is 0 Å². The Morgan fingerprint density at radius 1 is 1.12 bits per heavy atom. The van der Waals surface area contributed by atoms with E-state index in [0.717, 1.165) is 10.9 Å². The van der Waals surface area contributed by atoms with Crippen LogP contribution in [0, 0.1) is 0 Å². The molecular formula is C14H12N2S. The number of fused-ring (bicyclic) bond motifs is 1. The number of nitrogens with two attached hydrogens (primary N) is 1. The molecule has 0 spiro atoms. The summed E-state index contributed by atoms with van der Waals surface area (Å²) in [7, 11) is 0. The summed E-state index contributed by atoms with van der Waals surface area (Å²) in [6, 6.07) is 12.3. The third-order valence-electron chi connectivity index (χ3n) is 2.90. The number of aromatic nitrogens is 1. The Morgan fingerprint density at radius 2 is 2.06 bits per heavy atom. The molecule has 2 N–H and O–H groups in total. The molecule has 0 aliphatic heterocycles. The summed E-state index contributed by atoms with van der Waals surface area (Å²) in [6.45, 7) is 0. The van der Waals surface area contributed by atoms with Gasteiger partial charge in [-0.3, -0.25) is 4.98 Å².